The van der Waals surface area contributed by atoms with E-state index in [0.29, 0.717) is 13.0 Å². The van der Waals surface area contributed by atoms with Crippen molar-refractivity contribution in [2.75, 3.05) is 20.3 Å². The molecule has 0 spiro atoms. The predicted octanol–water partition coefficient (Wildman–Crippen LogP) is -2.08. The number of hydrogen-bond acceptors (Lipinski definition) is 5. The van der Waals surface area contributed by atoms with E-state index in [-0.39, 0.29) is 54.0 Å². The SMILES string of the molecule is COCCOC(=O)CCC(C)(C)[C-]=O.[Na+].[OH-]. The van der Waals surface area contributed by atoms with E-state index >= 15 is 0 Å². The summed E-state index contributed by atoms with van der Waals surface area (Å²) in [5, 5.41) is 0. The molecule has 6 heteroatoms. The smallest absolute Gasteiger partial charge is 0.870 e. The first-order valence-electron chi connectivity index (χ1n) is 4.56. The largest absolute Gasteiger partial charge is 1.00 e. The van der Waals surface area contributed by atoms with E-state index in [1.54, 1.807) is 13.8 Å². The molecule has 16 heavy (non-hydrogen) atoms. The molecule has 90 valence electrons. The minimum absolute atomic E-state index is 0. The van der Waals surface area contributed by atoms with Gasteiger partial charge in [0.15, 0.2) is 0 Å². The van der Waals surface area contributed by atoms with Crippen molar-refractivity contribution in [1.29, 1.82) is 0 Å². The van der Waals surface area contributed by atoms with Crippen molar-refractivity contribution in [2.24, 2.45) is 5.41 Å². The third-order valence-electron chi connectivity index (χ3n) is 1.78. The van der Waals surface area contributed by atoms with Crippen LogP contribution in [-0.2, 0) is 19.1 Å². The standard InChI is InChI=1S/C10H17O4.Na.H2O/c1-10(2,8-11)5-4-9(12)14-7-6-13-3;;/h4-7H2,1-3H3;;1H2/q-1;+1;/p-1. The number of carbonyl (C=O) groups excluding carboxylic acids is 2. The van der Waals surface area contributed by atoms with Gasteiger partial charge in [0.1, 0.15) is 6.61 Å². The topological polar surface area (TPSA) is 82.6 Å². The summed E-state index contributed by atoms with van der Waals surface area (Å²) in [5.41, 5.74) is -0.569. The van der Waals surface area contributed by atoms with Crippen LogP contribution in [0.4, 0.5) is 0 Å². The number of hydrogen-bond donors (Lipinski definition) is 0. The third kappa shape index (κ3) is 12.1. The van der Waals surface area contributed by atoms with Crippen LogP contribution in [-0.4, -0.2) is 38.1 Å². The van der Waals surface area contributed by atoms with Crippen LogP contribution < -0.4 is 29.6 Å². The van der Waals surface area contributed by atoms with Crippen molar-refractivity contribution in [3.63, 3.8) is 0 Å². The van der Waals surface area contributed by atoms with Gasteiger partial charge in [-0.25, -0.2) is 0 Å². The first kappa shape index (κ1) is 21.4. The Hall–Kier alpha value is 0.0600. The van der Waals surface area contributed by atoms with Gasteiger partial charge < -0.3 is 19.7 Å². The molecule has 0 heterocycles. The number of ether oxygens (including phenoxy) is 2. The Morgan fingerprint density at radius 1 is 1.31 bits per heavy atom. The van der Waals surface area contributed by atoms with Gasteiger partial charge in [-0.15, -0.1) is 5.41 Å². The van der Waals surface area contributed by atoms with Crippen LogP contribution in [0.15, 0.2) is 0 Å². The van der Waals surface area contributed by atoms with Crippen molar-refractivity contribution in [3.05, 3.63) is 0 Å². The van der Waals surface area contributed by atoms with E-state index in [0.717, 1.165) is 0 Å². The fourth-order valence-electron chi connectivity index (χ4n) is 0.777. The molecule has 5 nitrogen and oxygen atoms in total. The Labute approximate surface area is 118 Å². The predicted molar refractivity (Wildman–Crippen MR) is 53.5 cm³/mol. The monoisotopic (exact) mass is 241 g/mol. The number of rotatable bonds is 7. The van der Waals surface area contributed by atoms with Gasteiger partial charge in [0.2, 0.25) is 0 Å². The molecule has 1 N–H and O–H groups in total. The molecular weight excluding hydrogens is 223 g/mol. The molecule has 0 radical (unpaired) electrons. The van der Waals surface area contributed by atoms with Gasteiger partial charge in [0.05, 0.1) is 6.61 Å². The van der Waals surface area contributed by atoms with Crippen LogP contribution in [0.3, 0.4) is 0 Å². The van der Waals surface area contributed by atoms with Crippen LogP contribution >= 0.6 is 0 Å². The second kappa shape index (κ2) is 11.5. The normalized spacial score (nSPS) is 9.69. The van der Waals surface area contributed by atoms with E-state index in [1.807, 2.05) is 6.29 Å². The van der Waals surface area contributed by atoms with Crippen LogP contribution in [0.5, 0.6) is 0 Å². The van der Waals surface area contributed by atoms with Crippen molar-refractivity contribution in [1.82, 2.24) is 0 Å². The second-order valence-corrected chi connectivity index (χ2v) is 3.70. The van der Waals surface area contributed by atoms with E-state index in [9.17, 15) is 9.59 Å². The van der Waals surface area contributed by atoms with E-state index in [2.05, 4.69) is 0 Å². The van der Waals surface area contributed by atoms with Gasteiger partial charge in [-0.05, 0) is 0 Å². The molecule has 0 saturated carbocycles. The van der Waals surface area contributed by atoms with Crippen molar-refractivity contribution >= 4 is 12.3 Å². The fourth-order valence-corrected chi connectivity index (χ4v) is 0.777. The van der Waals surface area contributed by atoms with Gasteiger partial charge in [0, 0.05) is 13.5 Å². The first-order chi connectivity index (χ1) is 6.52. The summed E-state index contributed by atoms with van der Waals surface area (Å²) in [6.45, 7) is 4.14. The van der Waals surface area contributed by atoms with Crippen LogP contribution in [0.25, 0.3) is 0 Å². The van der Waals surface area contributed by atoms with Crippen molar-refractivity contribution in [3.8, 4) is 0 Å². The maximum absolute atomic E-state index is 11.1. The summed E-state index contributed by atoms with van der Waals surface area (Å²) in [5.74, 6) is -0.301. The Bertz CT molecular complexity index is 194. The molecule has 0 amide bonds. The van der Waals surface area contributed by atoms with Crippen molar-refractivity contribution < 1.29 is 54.1 Å². The minimum atomic E-state index is -0.569. The maximum Gasteiger partial charge on any atom is 1.00 e. The zero-order valence-electron chi connectivity index (χ0n) is 10.4. The molecule has 0 aliphatic heterocycles. The van der Waals surface area contributed by atoms with Gasteiger partial charge in [0.25, 0.3) is 0 Å². The van der Waals surface area contributed by atoms with Crippen LogP contribution in [0.2, 0.25) is 0 Å². The van der Waals surface area contributed by atoms with Gasteiger partial charge in [-0.1, -0.05) is 20.3 Å². The summed E-state index contributed by atoms with van der Waals surface area (Å²) < 4.78 is 9.55. The minimum Gasteiger partial charge on any atom is -0.870 e. The summed E-state index contributed by atoms with van der Waals surface area (Å²) in [4.78, 5) is 21.5. The summed E-state index contributed by atoms with van der Waals surface area (Å²) >= 11 is 0. The molecule has 0 aliphatic carbocycles. The molecular formula is C10H18NaO5-. The summed E-state index contributed by atoms with van der Waals surface area (Å²) in [7, 11) is 1.54. The Morgan fingerprint density at radius 3 is 2.31 bits per heavy atom. The number of methoxy groups -OCH3 is 1. The maximum atomic E-state index is 11.1. The molecule has 0 bridgehead atoms. The van der Waals surface area contributed by atoms with Crippen LogP contribution in [0, 0.1) is 5.41 Å². The zero-order valence-corrected chi connectivity index (χ0v) is 12.4. The average molecular weight is 241 g/mol. The molecule has 0 fully saturated rings. The molecule has 0 aromatic carbocycles. The summed E-state index contributed by atoms with van der Waals surface area (Å²) in [6, 6.07) is 0. The molecule has 0 saturated heterocycles. The second-order valence-electron chi connectivity index (χ2n) is 3.70. The third-order valence-corrected chi connectivity index (χ3v) is 1.78. The molecule has 0 aliphatic rings. The fraction of sp³-hybridized carbons (Fsp3) is 0.800. The first-order valence-corrected chi connectivity index (χ1v) is 4.56. The van der Waals surface area contributed by atoms with Gasteiger partial charge in [-0.3, -0.25) is 11.1 Å². The summed E-state index contributed by atoms with van der Waals surface area (Å²) in [6.07, 6.45) is 2.58. The molecule has 0 unspecified atom stereocenters. The number of esters is 1. The molecule has 0 atom stereocenters. The van der Waals surface area contributed by atoms with Crippen LogP contribution in [0.1, 0.15) is 26.7 Å². The van der Waals surface area contributed by atoms with Gasteiger partial charge in [-0.2, -0.15) is 0 Å². The zero-order chi connectivity index (χ0) is 11.0. The van der Waals surface area contributed by atoms with E-state index in [4.69, 9.17) is 9.47 Å². The number of carbonyl (C=O) groups is 1. The Morgan fingerprint density at radius 2 is 1.88 bits per heavy atom. The Kier molecular flexibility index (Phi) is 15.4. The molecule has 0 aromatic rings. The molecule has 0 aromatic heterocycles. The van der Waals surface area contributed by atoms with E-state index in [1.165, 1.54) is 7.11 Å². The Balaban J connectivity index is -0.000000845. The average Bonchev–Trinajstić information content (AvgIpc) is 2.16. The van der Waals surface area contributed by atoms with Gasteiger partial charge >= 0.3 is 35.5 Å². The van der Waals surface area contributed by atoms with Crippen molar-refractivity contribution in [2.45, 2.75) is 26.7 Å². The quantitative estimate of drug-likeness (QED) is 0.221. The molecule has 0 rings (SSSR count). The van der Waals surface area contributed by atoms with E-state index < -0.39 is 5.41 Å².